The Bertz CT molecular complexity index is 1140. The molecule has 0 aromatic heterocycles. The van der Waals surface area contributed by atoms with Crippen molar-refractivity contribution in [2.75, 3.05) is 10.6 Å². The fourth-order valence-electron chi connectivity index (χ4n) is 2.80. The van der Waals surface area contributed by atoms with Crippen LogP contribution in [-0.2, 0) is 0 Å². The molecule has 0 atom stereocenters. The molecule has 0 aliphatic carbocycles. The van der Waals surface area contributed by atoms with Crippen molar-refractivity contribution >= 4 is 56.4 Å². The van der Waals surface area contributed by atoms with Crippen molar-refractivity contribution in [3.05, 3.63) is 88.4 Å². The van der Waals surface area contributed by atoms with E-state index in [4.69, 9.17) is 17.0 Å². The summed E-state index contributed by atoms with van der Waals surface area (Å²) in [7, 11) is 0. The third-order valence-corrected chi connectivity index (χ3v) is 5.02. The zero-order valence-corrected chi connectivity index (χ0v) is 19.9. The molecule has 2 amide bonds. The Morgan fingerprint density at radius 2 is 1.53 bits per heavy atom. The molecule has 0 saturated carbocycles. The molecule has 0 unspecified atom stereocenters. The Morgan fingerprint density at radius 1 is 0.844 bits per heavy atom. The molecule has 8 heteroatoms. The maximum absolute atomic E-state index is 12.5. The Kier molecular flexibility index (Phi) is 7.97. The molecule has 0 aliphatic heterocycles. The average molecular weight is 512 g/mol. The SMILES string of the molecule is CC(C)Oc1ccc(C(=O)NC(=S)Nc2cccc(NC(=O)c3ccccc3)c2)cc1Br. The number of hydrogen-bond donors (Lipinski definition) is 3. The standard InChI is InChI=1S/C24H22BrN3O3S/c1-15(2)31-21-12-11-17(13-20(21)25)23(30)28-24(32)27-19-10-6-9-18(14-19)26-22(29)16-7-4-3-5-8-16/h3-15H,1-2H3,(H,26,29)(H2,27,28,30,32). The zero-order chi connectivity index (χ0) is 23.1. The normalized spacial score (nSPS) is 10.4. The number of ether oxygens (including phenoxy) is 1. The monoisotopic (exact) mass is 511 g/mol. The van der Waals surface area contributed by atoms with Gasteiger partial charge in [-0.05, 0) is 90.5 Å². The third-order valence-electron chi connectivity index (χ3n) is 4.20. The van der Waals surface area contributed by atoms with Crippen molar-refractivity contribution in [3.8, 4) is 5.75 Å². The topological polar surface area (TPSA) is 79.5 Å². The summed E-state index contributed by atoms with van der Waals surface area (Å²) in [5.41, 5.74) is 2.22. The van der Waals surface area contributed by atoms with Gasteiger partial charge in [0.25, 0.3) is 11.8 Å². The smallest absolute Gasteiger partial charge is 0.257 e. The highest BCUT2D eigenvalue weighted by molar-refractivity contribution is 9.10. The van der Waals surface area contributed by atoms with E-state index in [0.717, 1.165) is 0 Å². The summed E-state index contributed by atoms with van der Waals surface area (Å²) in [5, 5.41) is 8.59. The van der Waals surface area contributed by atoms with Crippen molar-refractivity contribution < 1.29 is 14.3 Å². The van der Waals surface area contributed by atoms with Crippen LogP contribution in [0, 0.1) is 0 Å². The summed E-state index contributed by atoms with van der Waals surface area (Å²) in [4.78, 5) is 24.9. The van der Waals surface area contributed by atoms with Gasteiger partial charge in [-0.15, -0.1) is 0 Å². The average Bonchev–Trinajstić information content (AvgIpc) is 2.75. The number of carbonyl (C=O) groups is 2. The lowest BCUT2D eigenvalue weighted by Crippen LogP contribution is -2.34. The fourth-order valence-corrected chi connectivity index (χ4v) is 3.48. The minimum atomic E-state index is -0.354. The third kappa shape index (κ3) is 6.63. The summed E-state index contributed by atoms with van der Waals surface area (Å²) in [6, 6.07) is 21.1. The van der Waals surface area contributed by atoms with Crippen molar-refractivity contribution in [1.82, 2.24) is 5.32 Å². The van der Waals surface area contributed by atoms with Crippen molar-refractivity contribution in [3.63, 3.8) is 0 Å². The first-order valence-electron chi connectivity index (χ1n) is 9.87. The quantitative estimate of drug-likeness (QED) is 0.374. The molecule has 0 heterocycles. The van der Waals surface area contributed by atoms with Gasteiger partial charge < -0.3 is 15.4 Å². The van der Waals surface area contributed by atoms with E-state index in [1.807, 2.05) is 19.9 Å². The zero-order valence-electron chi connectivity index (χ0n) is 17.5. The van der Waals surface area contributed by atoms with Crippen LogP contribution in [0.1, 0.15) is 34.6 Å². The van der Waals surface area contributed by atoms with E-state index < -0.39 is 0 Å². The highest BCUT2D eigenvalue weighted by Gasteiger charge is 2.12. The first-order chi connectivity index (χ1) is 15.3. The van der Waals surface area contributed by atoms with Gasteiger partial charge in [0.15, 0.2) is 5.11 Å². The van der Waals surface area contributed by atoms with Crippen LogP contribution in [0.4, 0.5) is 11.4 Å². The van der Waals surface area contributed by atoms with Crippen molar-refractivity contribution in [2.45, 2.75) is 20.0 Å². The van der Waals surface area contributed by atoms with E-state index >= 15 is 0 Å². The first-order valence-corrected chi connectivity index (χ1v) is 11.1. The van der Waals surface area contributed by atoms with Crippen LogP contribution >= 0.6 is 28.1 Å². The maximum atomic E-state index is 12.5. The van der Waals surface area contributed by atoms with Gasteiger partial charge in [-0.1, -0.05) is 24.3 Å². The number of thiocarbonyl (C=S) groups is 1. The van der Waals surface area contributed by atoms with Gasteiger partial charge in [-0.2, -0.15) is 0 Å². The minimum absolute atomic E-state index is 0.0241. The van der Waals surface area contributed by atoms with Gasteiger partial charge in [0.1, 0.15) is 5.75 Å². The largest absolute Gasteiger partial charge is 0.490 e. The second-order valence-corrected chi connectivity index (χ2v) is 8.38. The first kappa shape index (κ1) is 23.4. The summed E-state index contributed by atoms with van der Waals surface area (Å²) < 4.78 is 6.34. The van der Waals surface area contributed by atoms with Crippen LogP contribution in [-0.4, -0.2) is 23.0 Å². The number of hydrogen-bond acceptors (Lipinski definition) is 4. The summed E-state index contributed by atoms with van der Waals surface area (Å²) in [5.74, 6) is 0.0912. The van der Waals surface area contributed by atoms with E-state index in [-0.39, 0.29) is 23.0 Å². The fraction of sp³-hybridized carbons (Fsp3) is 0.125. The molecule has 0 saturated heterocycles. The number of benzene rings is 3. The van der Waals surface area contributed by atoms with Crippen LogP contribution in [0.2, 0.25) is 0 Å². The molecule has 3 aromatic rings. The maximum Gasteiger partial charge on any atom is 0.257 e. The summed E-state index contributed by atoms with van der Waals surface area (Å²) in [6.45, 7) is 3.86. The number of carbonyl (C=O) groups excluding carboxylic acids is 2. The van der Waals surface area contributed by atoms with Crippen LogP contribution in [0.15, 0.2) is 77.3 Å². The Balaban J connectivity index is 1.60. The lowest BCUT2D eigenvalue weighted by molar-refractivity contribution is 0.0976. The lowest BCUT2D eigenvalue weighted by atomic mass is 10.2. The number of anilines is 2. The molecule has 0 bridgehead atoms. The molecule has 164 valence electrons. The Morgan fingerprint density at radius 3 is 2.19 bits per heavy atom. The molecule has 0 radical (unpaired) electrons. The van der Waals surface area contributed by atoms with Gasteiger partial charge in [0.05, 0.1) is 10.6 Å². The molecule has 0 fully saturated rings. The van der Waals surface area contributed by atoms with Crippen molar-refractivity contribution in [1.29, 1.82) is 0 Å². The molecule has 6 nitrogen and oxygen atoms in total. The van der Waals surface area contributed by atoms with Gasteiger partial charge >= 0.3 is 0 Å². The Hall–Kier alpha value is -3.23. The van der Waals surface area contributed by atoms with Gasteiger partial charge in [0, 0.05) is 22.5 Å². The van der Waals surface area contributed by atoms with Gasteiger partial charge in [0.2, 0.25) is 0 Å². The minimum Gasteiger partial charge on any atom is -0.490 e. The molecule has 3 N–H and O–H groups in total. The second-order valence-electron chi connectivity index (χ2n) is 7.12. The molecular formula is C24H22BrN3O3S. The van der Waals surface area contributed by atoms with E-state index in [1.54, 1.807) is 66.7 Å². The van der Waals surface area contributed by atoms with Crippen LogP contribution < -0.4 is 20.7 Å². The number of nitrogens with one attached hydrogen (secondary N) is 3. The van der Waals surface area contributed by atoms with Crippen LogP contribution in [0.3, 0.4) is 0 Å². The van der Waals surface area contributed by atoms with Crippen LogP contribution in [0.5, 0.6) is 5.75 Å². The molecule has 0 spiro atoms. The summed E-state index contributed by atoms with van der Waals surface area (Å²) in [6.07, 6.45) is 0.0241. The summed E-state index contributed by atoms with van der Waals surface area (Å²) >= 11 is 8.69. The molecule has 3 aromatic carbocycles. The molecule has 32 heavy (non-hydrogen) atoms. The van der Waals surface area contributed by atoms with Gasteiger partial charge in [-0.25, -0.2) is 0 Å². The lowest BCUT2D eigenvalue weighted by Gasteiger charge is -2.13. The Labute approximate surface area is 200 Å². The number of amides is 2. The molecule has 3 rings (SSSR count). The highest BCUT2D eigenvalue weighted by Crippen LogP contribution is 2.27. The predicted molar refractivity (Wildman–Crippen MR) is 134 cm³/mol. The van der Waals surface area contributed by atoms with E-state index in [2.05, 4.69) is 31.9 Å². The second kappa shape index (κ2) is 10.9. The highest BCUT2D eigenvalue weighted by atomic mass is 79.9. The molecular weight excluding hydrogens is 490 g/mol. The van der Waals surface area contributed by atoms with E-state index in [9.17, 15) is 9.59 Å². The number of halogens is 1. The van der Waals surface area contributed by atoms with Crippen LogP contribution in [0.25, 0.3) is 0 Å². The van der Waals surface area contributed by atoms with E-state index in [0.29, 0.717) is 32.7 Å². The number of rotatable bonds is 6. The van der Waals surface area contributed by atoms with Gasteiger partial charge in [-0.3, -0.25) is 14.9 Å². The predicted octanol–water partition coefficient (Wildman–Crippen LogP) is 5.62. The molecule has 0 aliphatic rings. The van der Waals surface area contributed by atoms with E-state index in [1.165, 1.54) is 0 Å². The van der Waals surface area contributed by atoms with Crippen molar-refractivity contribution in [2.24, 2.45) is 0 Å².